The molecule has 0 unspecified atom stereocenters. The zero-order valence-electron chi connectivity index (χ0n) is 14.2. The first-order valence-electron chi connectivity index (χ1n) is 7.98. The lowest BCUT2D eigenvalue weighted by atomic mass is 10.2. The van der Waals surface area contributed by atoms with Gasteiger partial charge in [0.1, 0.15) is 0 Å². The average Bonchev–Trinajstić information content (AvgIpc) is 3.11. The Morgan fingerprint density at radius 1 is 1.00 bits per heavy atom. The topological polar surface area (TPSA) is 87.3 Å². The van der Waals surface area contributed by atoms with E-state index in [9.17, 15) is 14.4 Å². The Morgan fingerprint density at radius 2 is 1.64 bits per heavy atom. The molecular weight excluding hydrogens is 338 g/mol. The van der Waals surface area contributed by atoms with Crippen molar-refractivity contribution in [3.05, 3.63) is 46.7 Å². The molecule has 0 saturated carbocycles. The van der Waals surface area contributed by atoms with Crippen molar-refractivity contribution in [2.24, 2.45) is 5.92 Å². The highest BCUT2D eigenvalue weighted by Crippen LogP contribution is 2.14. The lowest BCUT2D eigenvalue weighted by Gasteiger charge is -2.09. The first kappa shape index (κ1) is 18.7. The van der Waals surface area contributed by atoms with Crippen LogP contribution in [0.3, 0.4) is 0 Å². The number of carbonyl (C=O) groups excluding carboxylic acids is 3. The van der Waals surface area contributed by atoms with Gasteiger partial charge in [-0.25, -0.2) is 0 Å². The van der Waals surface area contributed by atoms with Crippen LogP contribution in [0.25, 0.3) is 0 Å². The lowest BCUT2D eigenvalue weighted by molar-refractivity contribution is -0.119. The van der Waals surface area contributed by atoms with E-state index in [1.165, 1.54) is 11.3 Å². The van der Waals surface area contributed by atoms with Crippen LogP contribution in [0.4, 0.5) is 11.4 Å². The van der Waals surface area contributed by atoms with Gasteiger partial charge in [-0.2, -0.15) is 0 Å². The quantitative estimate of drug-likeness (QED) is 0.710. The van der Waals surface area contributed by atoms with E-state index in [1.807, 2.05) is 19.2 Å². The van der Waals surface area contributed by atoms with Crippen molar-refractivity contribution in [1.29, 1.82) is 0 Å². The molecule has 2 aromatic rings. The number of anilines is 2. The van der Waals surface area contributed by atoms with Gasteiger partial charge in [0.2, 0.25) is 11.8 Å². The van der Waals surface area contributed by atoms with Gasteiger partial charge in [0.25, 0.3) is 5.91 Å². The monoisotopic (exact) mass is 359 g/mol. The van der Waals surface area contributed by atoms with Crippen LogP contribution in [0.15, 0.2) is 41.8 Å². The molecule has 0 spiro atoms. The SMILES string of the molecule is CC(C)C(=O)Nc1ccc(NC(=O)CCNC(=O)c2cccs2)cc1. The molecule has 2 rings (SSSR count). The maximum Gasteiger partial charge on any atom is 0.261 e. The molecule has 0 radical (unpaired) electrons. The highest BCUT2D eigenvalue weighted by Gasteiger charge is 2.09. The van der Waals surface area contributed by atoms with E-state index in [0.29, 0.717) is 16.3 Å². The second-order valence-corrected chi connectivity index (χ2v) is 6.70. The molecular formula is C18H21N3O3S. The summed E-state index contributed by atoms with van der Waals surface area (Å²) in [4.78, 5) is 35.9. The molecule has 1 aromatic heterocycles. The summed E-state index contributed by atoms with van der Waals surface area (Å²) >= 11 is 1.36. The predicted octanol–water partition coefficient (Wildman–Crippen LogP) is 3.10. The number of benzene rings is 1. The lowest BCUT2D eigenvalue weighted by Crippen LogP contribution is -2.27. The summed E-state index contributed by atoms with van der Waals surface area (Å²) in [6.07, 6.45) is 0.183. The van der Waals surface area contributed by atoms with E-state index in [4.69, 9.17) is 0 Å². The molecule has 3 amide bonds. The van der Waals surface area contributed by atoms with E-state index in [1.54, 1.807) is 36.4 Å². The van der Waals surface area contributed by atoms with E-state index in [-0.39, 0.29) is 36.6 Å². The van der Waals surface area contributed by atoms with Crippen LogP contribution in [0, 0.1) is 5.92 Å². The van der Waals surface area contributed by atoms with Crippen LogP contribution in [0.1, 0.15) is 29.9 Å². The fourth-order valence-corrected chi connectivity index (χ4v) is 2.57. The van der Waals surface area contributed by atoms with Crippen molar-refractivity contribution in [3.8, 4) is 0 Å². The molecule has 6 nitrogen and oxygen atoms in total. The highest BCUT2D eigenvalue weighted by molar-refractivity contribution is 7.12. The van der Waals surface area contributed by atoms with Gasteiger partial charge < -0.3 is 16.0 Å². The molecule has 0 aliphatic carbocycles. The van der Waals surface area contributed by atoms with Gasteiger partial charge in [0.15, 0.2) is 0 Å². The minimum absolute atomic E-state index is 0.0572. The van der Waals surface area contributed by atoms with E-state index in [0.717, 1.165) is 0 Å². The number of thiophene rings is 1. The van der Waals surface area contributed by atoms with Crippen molar-refractivity contribution < 1.29 is 14.4 Å². The summed E-state index contributed by atoms with van der Waals surface area (Å²) in [6.45, 7) is 3.91. The molecule has 0 saturated heterocycles. The number of hydrogen-bond donors (Lipinski definition) is 3. The van der Waals surface area contributed by atoms with Crippen LogP contribution in [-0.4, -0.2) is 24.3 Å². The summed E-state index contributed by atoms with van der Waals surface area (Å²) in [6, 6.07) is 10.4. The number of rotatable bonds is 7. The largest absolute Gasteiger partial charge is 0.351 e. The second-order valence-electron chi connectivity index (χ2n) is 5.75. The third-order valence-electron chi connectivity index (χ3n) is 3.34. The molecule has 0 fully saturated rings. The van der Waals surface area contributed by atoms with Crippen LogP contribution in [0.5, 0.6) is 0 Å². The Kier molecular flexibility index (Phi) is 6.71. The molecule has 132 valence electrons. The zero-order valence-corrected chi connectivity index (χ0v) is 15.0. The first-order chi connectivity index (χ1) is 12.0. The average molecular weight is 359 g/mol. The fourth-order valence-electron chi connectivity index (χ4n) is 1.93. The number of carbonyl (C=O) groups is 3. The smallest absolute Gasteiger partial charge is 0.261 e. The molecule has 25 heavy (non-hydrogen) atoms. The van der Waals surface area contributed by atoms with Crippen LogP contribution in [-0.2, 0) is 9.59 Å². The van der Waals surface area contributed by atoms with Gasteiger partial charge in [-0.15, -0.1) is 11.3 Å². The highest BCUT2D eigenvalue weighted by atomic mass is 32.1. The molecule has 7 heteroatoms. The molecule has 3 N–H and O–H groups in total. The number of nitrogens with one attached hydrogen (secondary N) is 3. The number of hydrogen-bond acceptors (Lipinski definition) is 4. The van der Waals surface area contributed by atoms with Crippen LogP contribution < -0.4 is 16.0 Å². The van der Waals surface area contributed by atoms with E-state index in [2.05, 4.69) is 16.0 Å². The summed E-state index contributed by atoms with van der Waals surface area (Å²) < 4.78 is 0. The number of amides is 3. The third kappa shape index (κ3) is 6.04. The third-order valence-corrected chi connectivity index (χ3v) is 4.21. The Bertz CT molecular complexity index is 725. The fraction of sp³-hybridized carbons (Fsp3) is 0.278. The molecule has 0 atom stereocenters. The maximum absolute atomic E-state index is 11.9. The van der Waals surface area contributed by atoms with Crippen molar-refractivity contribution in [3.63, 3.8) is 0 Å². The summed E-state index contributed by atoms with van der Waals surface area (Å²) in [5.41, 5.74) is 1.32. The van der Waals surface area contributed by atoms with E-state index < -0.39 is 0 Å². The molecule has 1 heterocycles. The van der Waals surface area contributed by atoms with E-state index >= 15 is 0 Å². The first-order valence-corrected chi connectivity index (χ1v) is 8.86. The molecule has 0 bridgehead atoms. The second kappa shape index (κ2) is 8.98. The Labute approximate surface area is 150 Å². The minimum atomic E-state index is -0.189. The molecule has 1 aromatic carbocycles. The Balaban J connectivity index is 1.75. The standard InChI is InChI=1S/C18H21N3O3S/c1-12(2)17(23)21-14-7-5-13(6-8-14)20-16(22)9-10-19-18(24)15-4-3-11-25-15/h3-8,11-12H,9-10H2,1-2H3,(H,19,24)(H,20,22)(H,21,23). The van der Waals surface area contributed by atoms with Gasteiger partial charge in [0.05, 0.1) is 4.88 Å². The van der Waals surface area contributed by atoms with Crippen LogP contribution >= 0.6 is 11.3 Å². The minimum Gasteiger partial charge on any atom is -0.351 e. The summed E-state index contributed by atoms with van der Waals surface area (Å²) in [7, 11) is 0. The Morgan fingerprint density at radius 3 is 2.20 bits per heavy atom. The van der Waals surface area contributed by atoms with Gasteiger partial charge in [-0.3, -0.25) is 14.4 Å². The Hall–Kier alpha value is -2.67. The zero-order chi connectivity index (χ0) is 18.2. The van der Waals surface area contributed by atoms with Crippen molar-refractivity contribution >= 4 is 40.4 Å². The van der Waals surface area contributed by atoms with Gasteiger partial charge in [-0.1, -0.05) is 19.9 Å². The normalized spacial score (nSPS) is 10.4. The van der Waals surface area contributed by atoms with Crippen molar-refractivity contribution in [2.45, 2.75) is 20.3 Å². The predicted molar refractivity (Wildman–Crippen MR) is 99.8 cm³/mol. The van der Waals surface area contributed by atoms with Crippen molar-refractivity contribution in [2.75, 3.05) is 17.2 Å². The molecule has 0 aliphatic heterocycles. The maximum atomic E-state index is 11.9. The van der Waals surface area contributed by atoms with Gasteiger partial charge >= 0.3 is 0 Å². The van der Waals surface area contributed by atoms with Crippen molar-refractivity contribution in [1.82, 2.24) is 5.32 Å². The summed E-state index contributed by atoms with van der Waals surface area (Å²) in [5, 5.41) is 10.1. The van der Waals surface area contributed by atoms with Crippen LogP contribution in [0.2, 0.25) is 0 Å². The summed E-state index contributed by atoms with van der Waals surface area (Å²) in [5.74, 6) is -0.513. The molecule has 0 aliphatic rings. The van der Waals surface area contributed by atoms with Gasteiger partial charge in [-0.05, 0) is 35.7 Å². The van der Waals surface area contributed by atoms with Gasteiger partial charge in [0, 0.05) is 30.3 Å².